The highest BCUT2D eigenvalue weighted by molar-refractivity contribution is 6.29. The van der Waals surface area contributed by atoms with E-state index in [1.54, 1.807) is 23.7 Å². The van der Waals surface area contributed by atoms with Crippen molar-refractivity contribution >= 4 is 34.0 Å². The van der Waals surface area contributed by atoms with Crippen LogP contribution in [0.3, 0.4) is 0 Å². The number of aryl methyl sites for hydroxylation is 1. The van der Waals surface area contributed by atoms with Crippen molar-refractivity contribution < 1.29 is 4.84 Å². The molecule has 0 N–H and O–H groups in total. The van der Waals surface area contributed by atoms with Gasteiger partial charge in [-0.3, -0.25) is 4.79 Å². The molecule has 0 unspecified atom stereocenters. The monoisotopic (exact) mass is 464 g/mol. The molecule has 0 saturated heterocycles. The molecule has 0 amide bonds. The fraction of sp³-hybridized carbons (Fsp3) is 0.423. The molecule has 2 fully saturated rings. The molecule has 0 aliphatic heterocycles. The Hall–Kier alpha value is -2.86. The van der Waals surface area contributed by atoms with Crippen LogP contribution in [0, 0.1) is 5.92 Å². The summed E-state index contributed by atoms with van der Waals surface area (Å²) < 4.78 is 1.62. The van der Waals surface area contributed by atoms with E-state index >= 15 is 0 Å². The predicted octanol–water partition coefficient (Wildman–Crippen LogP) is 5.17. The highest BCUT2D eigenvalue weighted by Crippen LogP contribution is 2.34. The number of halogens is 1. The van der Waals surface area contributed by atoms with Crippen molar-refractivity contribution in [2.45, 2.75) is 50.7 Å². The molecule has 3 aromatic rings. The Morgan fingerprint density at radius 1 is 1.09 bits per heavy atom. The fourth-order valence-corrected chi connectivity index (χ4v) is 4.91. The number of hydrogen-bond donors (Lipinski definition) is 0. The number of rotatable bonds is 6. The summed E-state index contributed by atoms with van der Waals surface area (Å²) in [5.41, 5.74) is 4.56. The molecule has 0 atom stereocenters. The van der Waals surface area contributed by atoms with Crippen LogP contribution >= 0.6 is 11.6 Å². The van der Waals surface area contributed by atoms with Crippen LogP contribution in [-0.4, -0.2) is 34.5 Å². The number of aromatic nitrogens is 2. The summed E-state index contributed by atoms with van der Waals surface area (Å²) in [7, 11) is 3.83. The average molecular weight is 465 g/mol. The first-order valence-electron chi connectivity index (χ1n) is 11.7. The quantitative estimate of drug-likeness (QED) is 0.287. The van der Waals surface area contributed by atoms with Crippen LogP contribution < -0.4 is 10.5 Å². The lowest BCUT2D eigenvalue weighted by molar-refractivity contribution is 0.127. The number of pyridine rings is 2. The molecule has 33 heavy (non-hydrogen) atoms. The van der Waals surface area contributed by atoms with Gasteiger partial charge in [0.15, 0.2) is 0 Å². The molecule has 0 spiro atoms. The molecule has 6 nitrogen and oxygen atoms in total. The molecule has 2 heterocycles. The standard InChI is InChI=1S/C26H29ClN4O2/c1-30(22-16-24(32)31(2)21-14-15-23(27)28-26(21)22)19-10-8-18(9-11-19)25(29-33-20-12-13-20)17-6-4-3-5-7-17/h3-7,14-16,18-20H,8-13H2,1-2H3/b29-25+/t18-,19-. The number of fused-ring (bicyclic) bond motifs is 1. The molecule has 2 saturated carbocycles. The lowest BCUT2D eigenvalue weighted by atomic mass is 9.80. The summed E-state index contributed by atoms with van der Waals surface area (Å²) >= 11 is 6.20. The lowest BCUT2D eigenvalue weighted by Gasteiger charge is -2.36. The van der Waals surface area contributed by atoms with E-state index in [4.69, 9.17) is 16.4 Å². The van der Waals surface area contributed by atoms with Crippen LogP contribution in [0.5, 0.6) is 0 Å². The zero-order valence-electron chi connectivity index (χ0n) is 19.1. The average Bonchev–Trinajstić information content (AvgIpc) is 3.67. The molecular weight excluding hydrogens is 436 g/mol. The Kier molecular flexibility index (Phi) is 6.11. The van der Waals surface area contributed by atoms with Crippen molar-refractivity contribution in [3.8, 4) is 0 Å². The summed E-state index contributed by atoms with van der Waals surface area (Å²) in [4.78, 5) is 25.1. The van der Waals surface area contributed by atoms with Crippen molar-refractivity contribution in [2.75, 3.05) is 11.9 Å². The van der Waals surface area contributed by atoms with Crippen LogP contribution in [0.4, 0.5) is 5.69 Å². The van der Waals surface area contributed by atoms with Crippen LogP contribution in [0.15, 0.2) is 58.5 Å². The third kappa shape index (κ3) is 4.62. The van der Waals surface area contributed by atoms with Gasteiger partial charge in [0.1, 0.15) is 16.8 Å². The number of oxime groups is 1. The van der Waals surface area contributed by atoms with E-state index in [9.17, 15) is 4.79 Å². The second kappa shape index (κ2) is 9.18. The maximum absolute atomic E-state index is 12.6. The molecule has 0 radical (unpaired) electrons. The second-order valence-electron chi connectivity index (χ2n) is 9.19. The first-order valence-corrected chi connectivity index (χ1v) is 12.1. The molecule has 172 valence electrons. The highest BCUT2D eigenvalue weighted by atomic mass is 35.5. The van der Waals surface area contributed by atoms with E-state index in [0.717, 1.165) is 66.5 Å². The molecule has 2 aromatic heterocycles. The largest absolute Gasteiger partial charge is 0.392 e. The maximum Gasteiger partial charge on any atom is 0.252 e. The molecule has 1 aromatic carbocycles. The van der Waals surface area contributed by atoms with Gasteiger partial charge in [0, 0.05) is 32.1 Å². The summed E-state index contributed by atoms with van der Waals surface area (Å²) in [5.74, 6) is 0.365. The Morgan fingerprint density at radius 2 is 1.82 bits per heavy atom. The molecule has 0 bridgehead atoms. The van der Waals surface area contributed by atoms with Gasteiger partial charge in [-0.2, -0.15) is 0 Å². The minimum absolute atomic E-state index is 0.0436. The van der Waals surface area contributed by atoms with Gasteiger partial charge in [0.25, 0.3) is 5.56 Å². The van der Waals surface area contributed by atoms with E-state index in [2.05, 4.69) is 46.4 Å². The van der Waals surface area contributed by atoms with Crippen molar-refractivity contribution in [1.82, 2.24) is 9.55 Å². The van der Waals surface area contributed by atoms with E-state index < -0.39 is 0 Å². The van der Waals surface area contributed by atoms with Gasteiger partial charge >= 0.3 is 0 Å². The third-order valence-corrected chi connectivity index (χ3v) is 7.15. The van der Waals surface area contributed by atoms with Crippen LogP contribution in [0.25, 0.3) is 11.0 Å². The van der Waals surface area contributed by atoms with Gasteiger partial charge in [-0.15, -0.1) is 0 Å². The Morgan fingerprint density at radius 3 is 2.52 bits per heavy atom. The Balaban J connectivity index is 1.37. The van der Waals surface area contributed by atoms with Gasteiger partial charge in [0.2, 0.25) is 0 Å². The summed E-state index contributed by atoms with van der Waals surface area (Å²) in [6.45, 7) is 0. The minimum Gasteiger partial charge on any atom is -0.392 e. The van der Waals surface area contributed by atoms with Gasteiger partial charge < -0.3 is 14.3 Å². The van der Waals surface area contributed by atoms with Gasteiger partial charge in [-0.05, 0) is 56.2 Å². The first kappa shape index (κ1) is 22.0. The maximum atomic E-state index is 12.6. The third-order valence-electron chi connectivity index (χ3n) is 6.94. The van der Waals surface area contributed by atoms with E-state index in [1.165, 1.54) is 0 Å². The number of hydrogen-bond acceptors (Lipinski definition) is 5. The number of nitrogens with zero attached hydrogens (tertiary/aromatic N) is 4. The summed E-state index contributed by atoms with van der Waals surface area (Å²) in [6.07, 6.45) is 6.56. The topological polar surface area (TPSA) is 59.7 Å². The highest BCUT2D eigenvalue weighted by Gasteiger charge is 2.30. The molecule has 2 aliphatic carbocycles. The van der Waals surface area contributed by atoms with E-state index in [0.29, 0.717) is 23.2 Å². The first-order chi connectivity index (χ1) is 16.0. The number of anilines is 1. The second-order valence-corrected chi connectivity index (χ2v) is 9.58. The summed E-state index contributed by atoms with van der Waals surface area (Å²) in [6, 6.07) is 16.0. The van der Waals surface area contributed by atoms with Crippen LogP contribution in [0.1, 0.15) is 44.1 Å². The van der Waals surface area contributed by atoms with E-state index in [1.807, 2.05) is 12.1 Å². The van der Waals surface area contributed by atoms with Gasteiger partial charge in [-0.25, -0.2) is 4.98 Å². The smallest absolute Gasteiger partial charge is 0.252 e. The minimum atomic E-state index is -0.0436. The van der Waals surface area contributed by atoms with Crippen molar-refractivity contribution in [2.24, 2.45) is 18.1 Å². The Bertz CT molecular complexity index is 1230. The predicted molar refractivity (Wildman–Crippen MR) is 133 cm³/mol. The Labute approximate surface area is 198 Å². The van der Waals surface area contributed by atoms with Crippen LogP contribution in [0.2, 0.25) is 5.15 Å². The van der Waals surface area contributed by atoms with Crippen molar-refractivity contribution in [1.29, 1.82) is 0 Å². The zero-order valence-corrected chi connectivity index (χ0v) is 19.8. The van der Waals surface area contributed by atoms with Gasteiger partial charge in [-0.1, -0.05) is 47.1 Å². The SMILES string of the molecule is Cn1c(=O)cc(N(C)[C@H]2CC[C@H](/C(=N/OC3CC3)c3ccccc3)CC2)c2nc(Cl)ccc21. The molecular formula is C26H29ClN4O2. The van der Waals surface area contributed by atoms with Gasteiger partial charge in [0.05, 0.1) is 16.9 Å². The molecule has 5 rings (SSSR count). The fourth-order valence-electron chi connectivity index (χ4n) is 4.77. The molecule has 2 aliphatic rings. The van der Waals surface area contributed by atoms with Crippen molar-refractivity contribution in [3.63, 3.8) is 0 Å². The molecule has 7 heteroatoms. The summed E-state index contributed by atoms with van der Waals surface area (Å²) in [5, 5.41) is 5.04. The normalized spacial score (nSPS) is 21.2. The lowest BCUT2D eigenvalue weighted by Crippen LogP contribution is -2.37. The zero-order chi connectivity index (χ0) is 22.9. The van der Waals surface area contributed by atoms with E-state index in [-0.39, 0.29) is 5.56 Å². The number of benzene rings is 1. The van der Waals surface area contributed by atoms with Crippen molar-refractivity contribution in [3.05, 3.63) is 69.6 Å². The van der Waals surface area contributed by atoms with Crippen LogP contribution in [-0.2, 0) is 11.9 Å².